The minimum absolute atomic E-state index is 0.00318. The lowest BCUT2D eigenvalue weighted by Crippen LogP contribution is -2.37. The third-order valence-corrected chi connectivity index (χ3v) is 3.99. The lowest BCUT2D eigenvalue weighted by Gasteiger charge is -2.16. The summed E-state index contributed by atoms with van der Waals surface area (Å²) in [6.07, 6.45) is 0.811. The van der Waals surface area contributed by atoms with Crippen LogP contribution in [-0.4, -0.2) is 28.3 Å². The van der Waals surface area contributed by atoms with E-state index in [1.807, 2.05) is 13.8 Å². The molecule has 0 fully saturated rings. The second kappa shape index (κ2) is 7.28. The average Bonchev–Trinajstić information content (AvgIpc) is 2.40. The third-order valence-electron chi connectivity index (χ3n) is 2.85. The lowest BCUT2D eigenvalue weighted by atomic mass is 10.2. The van der Waals surface area contributed by atoms with Crippen LogP contribution >= 0.6 is 11.8 Å². The first kappa shape index (κ1) is 16.5. The zero-order valence-electron chi connectivity index (χ0n) is 11.6. The van der Waals surface area contributed by atoms with Crippen molar-refractivity contribution in [2.75, 3.05) is 0 Å². The van der Waals surface area contributed by atoms with Gasteiger partial charge < -0.3 is 10.4 Å². The molecule has 0 saturated carbocycles. The number of carboxylic acid groups (broad SMARTS) is 1. The number of benzene rings is 1. The maximum Gasteiger partial charge on any atom is 0.335 e. The van der Waals surface area contributed by atoms with Gasteiger partial charge >= 0.3 is 5.97 Å². The fourth-order valence-corrected chi connectivity index (χ4v) is 2.36. The molecule has 0 aliphatic heterocycles. The van der Waals surface area contributed by atoms with E-state index in [1.165, 1.54) is 12.1 Å². The number of aromatic carboxylic acids is 1. The Morgan fingerprint density at radius 2 is 2.05 bits per heavy atom. The molecule has 0 aliphatic carbocycles. The highest BCUT2D eigenvalue weighted by Gasteiger charge is 2.18. The van der Waals surface area contributed by atoms with Crippen LogP contribution in [0.2, 0.25) is 0 Å². The molecule has 1 rings (SSSR count). The van der Waals surface area contributed by atoms with Crippen molar-refractivity contribution in [3.05, 3.63) is 29.6 Å². The van der Waals surface area contributed by atoms with Gasteiger partial charge in [0, 0.05) is 10.9 Å². The Hall–Kier alpha value is -1.56. The number of carbonyl (C=O) groups excluding carboxylic acids is 1. The minimum Gasteiger partial charge on any atom is -0.478 e. The van der Waals surface area contributed by atoms with Crippen molar-refractivity contribution in [2.24, 2.45) is 0 Å². The summed E-state index contributed by atoms with van der Waals surface area (Å²) in [5.74, 6) is -1.84. The molecule has 0 aliphatic rings. The van der Waals surface area contributed by atoms with Gasteiger partial charge in [-0.05, 0) is 38.5 Å². The van der Waals surface area contributed by atoms with E-state index >= 15 is 0 Å². The summed E-state index contributed by atoms with van der Waals surface area (Å²) in [7, 11) is 0. The summed E-state index contributed by atoms with van der Waals surface area (Å²) < 4.78 is 13.6. The van der Waals surface area contributed by atoms with E-state index in [0.717, 1.165) is 24.2 Å². The topological polar surface area (TPSA) is 66.4 Å². The van der Waals surface area contributed by atoms with Gasteiger partial charge in [-0.3, -0.25) is 4.79 Å². The second-order valence-electron chi connectivity index (χ2n) is 4.53. The largest absolute Gasteiger partial charge is 0.478 e. The number of hydrogen-bond acceptors (Lipinski definition) is 3. The number of carbonyl (C=O) groups is 2. The summed E-state index contributed by atoms with van der Waals surface area (Å²) in [5, 5.41) is 11.2. The number of carboxylic acids is 1. The standard InChI is InChI=1S/C14H18FNO3S/c1-4-8(2)16-13(17)9(3)20-12-7-10(14(18)19)5-6-11(12)15/h5-9H,4H2,1-3H3,(H,16,17)(H,18,19). The number of halogens is 1. The molecule has 20 heavy (non-hydrogen) atoms. The van der Waals surface area contributed by atoms with E-state index < -0.39 is 17.0 Å². The number of hydrogen-bond donors (Lipinski definition) is 2. The molecule has 1 aromatic rings. The Morgan fingerprint density at radius 1 is 1.40 bits per heavy atom. The molecule has 2 N–H and O–H groups in total. The Bertz CT molecular complexity index is 507. The molecule has 2 atom stereocenters. The lowest BCUT2D eigenvalue weighted by molar-refractivity contribution is -0.120. The molecule has 2 unspecified atom stereocenters. The molecular weight excluding hydrogens is 281 g/mol. The number of amides is 1. The van der Waals surface area contributed by atoms with Crippen molar-refractivity contribution in [3.8, 4) is 0 Å². The zero-order valence-corrected chi connectivity index (χ0v) is 12.5. The molecule has 6 heteroatoms. The normalized spacial score (nSPS) is 13.6. The van der Waals surface area contributed by atoms with Crippen LogP contribution in [0.3, 0.4) is 0 Å². The van der Waals surface area contributed by atoms with Gasteiger partial charge in [0.25, 0.3) is 0 Å². The highest BCUT2D eigenvalue weighted by Crippen LogP contribution is 2.27. The van der Waals surface area contributed by atoms with Crippen LogP contribution in [0.25, 0.3) is 0 Å². The van der Waals surface area contributed by atoms with E-state index in [0.29, 0.717) is 0 Å². The van der Waals surface area contributed by atoms with Crippen LogP contribution < -0.4 is 5.32 Å². The molecule has 1 amide bonds. The number of nitrogens with one attached hydrogen (secondary N) is 1. The van der Waals surface area contributed by atoms with Gasteiger partial charge in [-0.2, -0.15) is 0 Å². The molecule has 0 heterocycles. The average molecular weight is 299 g/mol. The molecule has 1 aromatic carbocycles. The van der Waals surface area contributed by atoms with E-state index in [2.05, 4.69) is 5.32 Å². The summed E-state index contributed by atoms with van der Waals surface area (Å²) in [6, 6.07) is 3.60. The van der Waals surface area contributed by atoms with Crippen LogP contribution in [0.4, 0.5) is 4.39 Å². The maximum absolute atomic E-state index is 13.6. The number of thioether (sulfide) groups is 1. The Kier molecular flexibility index (Phi) is 6.01. The Balaban J connectivity index is 2.79. The van der Waals surface area contributed by atoms with Crippen molar-refractivity contribution < 1.29 is 19.1 Å². The summed E-state index contributed by atoms with van der Waals surface area (Å²) in [4.78, 5) is 22.9. The van der Waals surface area contributed by atoms with E-state index in [4.69, 9.17) is 5.11 Å². The highest BCUT2D eigenvalue weighted by atomic mass is 32.2. The van der Waals surface area contributed by atoms with Crippen molar-refractivity contribution in [3.63, 3.8) is 0 Å². The minimum atomic E-state index is -1.12. The van der Waals surface area contributed by atoms with Crippen LogP contribution in [0.1, 0.15) is 37.6 Å². The van der Waals surface area contributed by atoms with Gasteiger partial charge in [-0.1, -0.05) is 6.92 Å². The van der Waals surface area contributed by atoms with Crippen LogP contribution in [0.5, 0.6) is 0 Å². The summed E-state index contributed by atoms with van der Waals surface area (Å²) in [6.45, 7) is 5.51. The molecule has 0 spiro atoms. The first-order valence-electron chi connectivity index (χ1n) is 6.35. The van der Waals surface area contributed by atoms with Crippen molar-refractivity contribution in [2.45, 2.75) is 43.4 Å². The van der Waals surface area contributed by atoms with Gasteiger partial charge in [-0.15, -0.1) is 11.8 Å². The molecule has 110 valence electrons. The Morgan fingerprint density at radius 3 is 2.60 bits per heavy atom. The van der Waals surface area contributed by atoms with Gasteiger partial charge in [0.1, 0.15) is 5.82 Å². The van der Waals surface area contributed by atoms with Crippen molar-refractivity contribution in [1.82, 2.24) is 5.32 Å². The Labute approximate surface area is 121 Å². The van der Waals surface area contributed by atoms with Crippen molar-refractivity contribution >= 4 is 23.6 Å². The number of rotatable bonds is 6. The molecule has 0 bridgehead atoms. The molecule has 0 aromatic heterocycles. The van der Waals surface area contributed by atoms with Crippen LogP contribution in [0, 0.1) is 5.82 Å². The fraction of sp³-hybridized carbons (Fsp3) is 0.429. The first-order valence-corrected chi connectivity index (χ1v) is 7.23. The molecule has 0 radical (unpaired) electrons. The fourth-order valence-electron chi connectivity index (χ4n) is 1.43. The highest BCUT2D eigenvalue weighted by molar-refractivity contribution is 8.00. The third kappa shape index (κ3) is 4.52. The van der Waals surface area contributed by atoms with Crippen LogP contribution in [-0.2, 0) is 4.79 Å². The predicted molar refractivity (Wildman–Crippen MR) is 76.6 cm³/mol. The van der Waals surface area contributed by atoms with E-state index in [9.17, 15) is 14.0 Å². The van der Waals surface area contributed by atoms with Gasteiger partial charge in [0.05, 0.1) is 10.8 Å². The molecular formula is C14H18FNO3S. The van der Waals surface area contributed by atoms with Gasteiger partial charge in [-0.25, -0.2) is 9.18 Å². The summed E-state index contributed by atoms with van der Waals surface area (Å²) in [5.41, 5.74) is 0.00318. The quantitative estimate of drug-likeness (QED) is 0.793. The SMILES string of the molecule is CCC(C)NC(=O)C(C)Sc1cc(C(=O)O)ccc1F. The monoisotopic (exact) mass is 299 g/mol. The zero-order chi connectivity index (χ0) is 15.3. The maximum atomic E-state index is 13.6. The predicted octanol–water partition coefficient (Wildman–Crippen LogP) is 2.92. The molecule has 0 saturated heterocycles. The van der Waals surface area contributed by atoms with E-state index in [1.54, 1.807) is 6.92 Å². The van der Waals surface area contributed by atoms with Gasteiger partial charge in [0.2, 0.25) is 5.91 Å². The smallest absolute Gasteiger partial charge is 0.335 e. The van der Waals surface area contributed by atoms with Gasteiger partial charge in [0.15, 0.2) is 0 Å². The van der Waals surface area contributed by atoms with E-state index in [-0.39, 0.29) is 22.4 Å². The first-order chi connectivity index (χ1) is 9.35. The molecule has 4 nitrogen and oxygen atoms in total. The van der Waals surface area contributed by atoms with Crippen molar-refractivity contribution in [1.29, 1.82) is 0 Å². The second-order valence-corrected chi connectivity index (χ2v) is 5.91. The van der Waals surface area contributed by atoms with Crippen LogP contribution in [0.15, 0.2) is 23.1 Å². The summed E-state index contributed by atoms with van der Waals surface area (Å²) >= 11 is 1.01.